The molecule has 3 aromatic carbocycles. The van der Waals surface area contributed by atoms with E-state index in [0.29, 0.717) is 30.5 Å². The average Bonchev–Trinajstić information content (AvgIpc) is 3.59. The fourth-order valence-corrected chi connectivity index (χ4v) is 5.05. The number of benzene rings is 3. The van der Waals surface area contributed by atoms with E-state index in [-0.39, 0.29) is 5.78 Å². The second kappa shape index (κ2) is 9.40. The molecule has 164 valence electrons. The highest BCUT2D eigenvalue weighted by molar-refractivity contribution is 5.97. The summed E-state index contributed by atoms with van der Waals surface area (Å²) in [6.45, 7) is 3.09. The average molecular weight is 425 g/mol. The smallest absolute Gasteiger partial charge is 0.167 e. The zero-order valence-electron chi connectivity index (χ0n) is 18.8. The van der Waals surface area contributed by atoms with Crippen LogP contribution in [0.25, 0.3) is 0 Å². The van der Waals surface area contributed by atoms with Gasteiger partial charge in [-0.15, -0.1) is 0 Å². The molecule has 5 rings (SSSR count). The van der Waals surface area contributed by atoms with Crippen LogP contribution in [0.15, 0.2) is 78.9 Å². The van der Waals surface area contributed by atoms with Crippen molar-refractivity contribution in [2.24, 2.45) is 0 Å². The SMILES string of the molecule is Cc1cccc(C(=O)Cc2ccc(C3CC3NC3CCNC(c4ccccc4)C3)cc2)c1. The van der Waals surface area contributed by atoms with Crippen molar-refractivity contribution in [3.63, 3.8) is 0 Å². The molecule has 1 saturated carbocycles. The lowest BCUT2D eigenvalue weighted by atomic mass is 9.93. The molecule has 1 heterocycles. The van der Waals surface area contributed by atoms with Gasteiger partial charge in [0.05, 0.1) is 0 Å². The third kappa shape index (κ3) is 5.01. The summed E-state index contributed by atoms with van der Waals surface area (Å²) >= 11 is 0. The molecule has 0 radical (unpaired) electrons. The monoisotopic (exact) mass is 424 g/mol. The first-order valence-corrected chi connectivity index (χ1v) is 11.9. The van der Waals surface area contributed by atoms with Gasteiger partial charge >= 0.3 is 0 Å². The lowest BCUT2D eigenvalue weighted by Crippen LogP contribution is -2.43. The summed E-state index contributed by atoms with van der Waals surface area (Å²) in [6.07, 6.45) is 4.01. The minimum atomic E-state index is 0.186. The molecule has 0 aromatic heterocycles. The maximum atomic E-state index is 12.6. The normalized spacial score (nSPS) is 24.8. The second-order valence-electron chi connectivity index (χ2n) is 9.47. The zero-order chi connectivity index (χ0) is 21.9. The predicted octanol–water partition coefficient (Wildman–Crippen LogP) is 5.36. The van der Waals surface area contributed by atoms with Gasteiger partial charge in [0.15, 0.2) is 5.78 Å². The molecule has 0 bridgehead atoms. The van der Waals surface area contributed by atoms with E-state index in [2.05, 4.69) is 65.2 Å². The Kier molecular flexibility index (Phi) is 6.20. The van der Waals surface area contributed by atoms with Crippen LogP contribution in [-0.2, 0) is 6.42 Å². The van der Waals surface area contributed by atoms with Crippen LogP contribution in [0.4, 0.5) is 0 Å². The van der Waals surface area contributed by atoms with Gasteiger partial charge in [-0.25, -0.2) is 0 Å². The molecule has 32 heavy (non-hydrogen) atoms. The van der Waals surface area contributed by atoms with Gasteiger partial charge in [-0.2, -0.15) is 0 Å². The number of rotatable bonds is 7. The Hall–Kier alpha value is -2.75. The van der Waals surface area contributed by atoms with Gasteiger partial charge in [-0.1, -0.05) is 78.4 Å². The Bertz CT molecular complexity index is 1060. The Morgan fingerprint density at radius 2 is 1.75 bits per heavy atom. The van der Waals surface area contributed by atoms with Crippen molar-refractivity contribution in [1.29, 1.82) is 0 Å². The van der Waals surface area contributed by atoms with Gasteiger partial charge in [0.1, 0.15) is 0 Å². The molecule has 1 saturated heterocycles. The van der Waals surface area contributed by atoms with Crippen LogP contribution in [0.2, 0.25) is 0 Å². The van der Waals surface area contributed by atoms with Gasteiger partial charge < -0.3 is 10.6 Å². The molecule has 4 atom stereocenters. The molecule has 1 aliphatic heterocycles. The van der Waals surface area contributed by atoms with Crippen LogP contribution in [0.3, 0.4) is 0 Å². The summed E-state index contributed by atoms with van der Waals surface area (Å²) < 4.78 is 0. The molecular formula is C29H32N2O. The lowest BCUT2D eigenvalue weighted by molar-refractivity contribution is 0.0993. The summed E-state index contributed by atoms with van der Waals surface area (Å²) in [6, 6.07) is 29.0. The number of hydrogen-bond donors (Lipinski definition) is 2. The molecule has 2 N–H and O–H groups in total. The van der Waals surface area contributed by atoms with Crippen molar-refractivity contribution >= 4 is 5.78 Å². The molecule has 0 spiro atoms. The van der Waals surface area contributed by atoms with E-state index in [1.165, 1.54) is 24.0 Å². The quantitative estimate of drug-likeness (QED) is 0.502. The van der Waals surface area contributed by atoms with Crippen LogP contribution in [0.1, 0.15) is 63.8 Å². The molecular weight excluding hydrogens is 392 g/mol. The zero-order valence-corrected chi connectivity index (χ0v) is 18.8. The highest BCUT2D eigenvalue weighted by Gasteiger charge is 2.40. The minimum absolute atomic E-state index is 0.186. The van der Waals surface area contributed by atoms with E-state index in [1.54, 1.807) is 0 Å². The van der Waals surface area contributed by atoms with E-state index in [4.69, 9.17) is 0 Å². The molecule has 0 amide bonds. The molecule has 2 aliphatic rings. The Balaban J connectivity index is 1.14. The second-order valence-corrected chi connectivity index (χ2v) is 9.47. The van der Waals surface area contributed by atoms with Crippen LogP contribution < -0.4 is 10.6 Å². The number of carbonyl (C=O) groups is 1. The highest BCUT2D eigenvalue weighted by atomic mass is 16.1. The van der Waals surface area contributed by atoms with Crippen molar-refractivity contribution in [3.8, 4) is 0 Å². The van der Waals surface area contributed by atoms with E-state index >= 15 is 0 Å². The van der Waals surface area contributed by atoms with Gasteiger partial charge in [-0.05, 0) is 55.5 Å². The fourth-order valence-electron chi connectivity index (χ4n) is 5.05. The first kappa shape index (κ1) is 21.1. The van der Waals surface area contributed by atoms with Gasteiger partial charge in [0, 0.05) is 36.0 Å². The maximum absolute atomic E-state index is 12.6. The van der Waals surface area contributed by atoms with Crippen LogP contribution >= 0.6 is 0 Å². The minimum Gasteiger partial charge on any atom is -0.310 e. The van der Waals surface area contributed by atoms with Crippen LogP contribution in [-0.4, -0.2) is 24.4 Å². The highest BCUT2D eigenvalue weighted by Crippen LogP contribution is 2.42. The van der Waals surface area contributed by atoms with Gasteiger partial charge in [-0.3, -0.25) is 4.79 Å². The van der Waals surface area contributed by atoms with Crippen LogP contribution in [0.5, 0.6) is 0 Å². The first-order valence-electron chi connectivity index (χ1n) is 11.9. The topological polar surface area (TPSA) is 41.1 Å². The number of carbonyl (C=O) groups excluding carboxylic acids is 1. The number of ketones is 1. The van der Waals surface area contributed by atoms with Crippen LogP contribution in [0, 0.1) is 6.92 Å². The molecule has 2 fully saturated rings. The Morgan fingerprint density at radius 3 is 2.53 bits per heavy atom. The van der Waals surface area contributed by atoms with E-state index in [9.17, 15) is 4.79 Å². The van der Waals surface area contributed by atoms with Crippen molar-refractivity contribution in [1.82, 2.24) is 10.6 Å². The Morgan fingerprint density at radius 1 is 0.938 bits per heavy atom. The van der Waals surface area contributed by atoms with E-state index in [1.807, 2.05) is 31.2 Å². The molecule has 1 aliphatic carbocycles. The molecule has 3 nitrogen and oxygen atoms in total. The number of nitrogens with one attached hydrogen (secondary N) is 2. The van der Waals surface area contributed by atoms with Gasteiger partial charge in [0.25, 0.3) is 0 Å². The third-order valence-electron chi connectivity index (χ3n) is 6.96. The third-order valence-corrected chi connectivity index (χ3v) is 6.96. The van der Waals surface area contributed by atoms with Crippen molar-refractivity contribution in [2.45, 2.75) is 56.7 Å². The molecule has 3 heteroatoms. The maximum Gasteiger partial charge on any atom is 0.167 e. The Labute approximate surface area is 191 Å². The summed E-state index contributed by atoms with van der Waals surface area (Å²) in [7, 11) is 0. The lowest BCUT2D eigenvalue weighted by Gasteiger charge is -2.31. The number of Topliss-reactive ketones (excluding diaryl/α,β-unsaturated/α-hetero) is 1. The number of hydrogen-bond acceptors (Lipinski definition) is 3. The summed E-state index contributed by atoms with van der Waals surface area (Å²) in [5, 5.41) is 7.59. The summed E-state index contributed by atoms with van der Waals surface area (Å²) in [5.41, 5.74) is 5.80. The predicted molar refractivity (Wildman–Crippen MR) is 130 cm³/mol. The standard InChI is InChI=1S/C29H32N2O/c1-20-6-5-9-24(16-20)29(32)17-21-10-12-22(13-11-21)26-19-28(26)31-25-14-15-30-27(18-25)23-7-3-2-4-8-23/h2-13,16,25-28,30-31H,14-15,17-19H2,1H3. The molecule has 3 aromatic rings. The van der Waals surface area contributed by atoms with Crippen molar-refractivity contribution in [3.05, 3.63) is 107 Å². The molecule has 4 unspecified atom stereocenters. The van der Waals surface area contributed by atoms with E-state index in [0.717, 1.165) is 29.7 Å². The summed E-state index contributed by atoms with van der Waals surface area (Å²) in [5.74, 6) is 0.785. The number of aryl methyl sites for hydroxylation is 1. The van der Waals surface area contributed by atoms with Gasteiger partial charge in [0.2, 0.25) is 0 Å². The first-order chi connectivity index (χ1) is 15.7. The summed E-state index contributed by atoms with van der Waals surface area (Å²) in [4.78, 5) is 12.6. The van der Waals surface area contributed by atoms with E-state index < -0.39 is 0 Å². The van der Waals surface area contributed by atoms with Crippen molar-refractivity contribution < 1.29 is 4.79 Å². The fraction of sp³-hybridized carbons (Fsp3) is 0.345. The number of piperidine rings is 1. The van der Waals surface area contributed by atoms with Crippen molar-refractivity contribution in [2.75, 3.05) is 6.54 Å². The largest absolute Gasteiger partial charge is 0.310 e.